The van der Waals surface area contributed by atoms with E-state index in [1.807, 2.05) is 24.3 Å². The molecule has 148 valence electrons. The van der Waals surface area contributed by atoms with Gasteiger partial charge in [-0.25, -0.2) is 9.18 Å². The first-order valence-electron chi connectivity index (χ1n) is 9.95. The second-order valence-electron chi connectivity index (χ2n) is 7.12. The van der Waals surface area contributed by atoms with Crippen LogP contribution < -0.4 is 4.74 Å². The Kier molecular flexibility index (Phi) is 5.34. The molecule has 1 atom stereocenters. The van der Waals surface area contributed by atoms with E-state index in [0.29, 0.717) is 18.6 Å². The molecule has 1 unspecified atom stereocenters. The van der Waals surface area contributed by atoms with Crippen molar-refractivity contribution in [2.24, 2.45) is 0 Å². The lowest BCUT2D eigenvalue weighted by Crippen LogP contribution is -2.23. The number of aryl methyl sites for hydroxylation is 1. The molecule has 0 saturated heterocycles. The summed E-state index contributed by atoms with van der Waals surface area (Å²) in [5.41, 5.74) is 5.08. The van der Waals surface area contributed by atoms with E-state index < -0.39 is 17.9 Å². The van der Waals surface area contributed by atoms with E-state index in [2.05, 4.69) is 31.2 Å². The number of hydrogen-bond donors (Lipinski definition) is 0. The lowest BCUT2D eigenvalue weighted by atomic mass is 9.93. The third-order valence-electron chi connectivity index (χ3n) is 5.33. The fraction of sp³-hybridized carbons (Fsp3) is 0.240. The van der Waals surface area contributed by atoms with Gasteiger partial charge in [0, 0.05) is 6.42 Å². The van der Waals surface area contributed by atoms with E-state index >= 15 is 0 Å². The summed E-state index contributed by atoms with van der Waals surface area (Å²) in [7, 11) is 0. The molecule has 4 rings (SSSR count). The average Bonchev–Trinajstić information content (AvgIpc) is 2.75. The first-order chi connectivity index (χ1) is 14.1. The molecule has 0 spiro atoms. The van der Waals surface area contributed by atoms with E-state index in [-0.39, 0.29) is 11.3 Å². The average molecular weight is 390 g/mol. The van der Waals surface area contributed by atoms with E-state index in [1.54, 1.807) is 19.1 Å². The molecule has 0 saturated carbocycles. The van der Waals surface area contributed by atoms with E-state index in [9.17, 15) is 9.18 Å². The topological polar surface area (TPSA) is 35.5 Å². The number of halogens is 1. The zero-order valence-corrected chi connectivity index (χ0v) is 16.6. The minimum atomic E-state index is -0.644. The van der Waals surface area contributed by atoms with Crippen LogP contribution >= 0.6 is 0 Å². The minimum Gasteiger partial charge on any atom is -0.491 e. The molecule has 4 heteroatoms. The minimum absolute atomic E-state index is 0.0140. The maximum Gasteiger partial charge on any atom is 0.342 e. The summed E-state index contributed by atoms with van der Waals surface area (Å²) in [5, 5.41) is 0. The molecule has 29 heavy (non-hydrogen) atoms. The quantitative estimate of drug-likeness (QED) is 0.508. The highest BCUT2D eigenvalue weighted by Gasteiger charge is 2.31. The zero-order chi connectivity index (χ0) is 20.4. The zero-order valence-electron chi connectivity index (χ0n) is 16.6. The molecule has 0 amide bonds. The molecule has 0 aliphatic carbocycles. The fourth-order valence-electron chi connectivity index (χ4n) is 3.69. The first-order valence-corrected chi connectivity index (χ1v) is 9.95. The Labute approximate surface area is 170 Å². The molecule has 0 aromatic heterocycles. The second-order valence-corrected chi connectivity index (χ2v) is 7.12. The van der Waals surface area contributed by atoms with E-state index in [4.69, 9.17) is 9.47 Å². The molecule has 0 N–H and O–H groups in total. The van der Waals surface area contributed by atoms with Gasteiger partial charge in [-0.05, 0) is 47.2 Å². The highest BCUT2D eigenvalue weighted by molar-refractivity contribution is 5.93. The van der Waals surface area contributed by atoms with Crippen molar-refractivity contribution in [3.05, 3.63) is 88.7 Å². The number of ether oxygens (including phenoxy) is 2. The van der Waals surface area contributed by atoms with Gasteiger partial charge in [0.1, 0.15) is 11.7 Å². The van der Waals surface area contributed by atoms with Gasteiger partial charge in [0.05, 0.1) is 6.61 Å². The van der Waals surface area contributed by atoms with Gasteiger partial charge in [0.15, 0.2) is 11.6 Å². The molecule has 0 bridgehead atoms. The smallest absolute Gasteiger partial charge is 0.342 e. The van der Waals surface area contributed by atoms with Crippen LogP contribution in [0.1, 0.15) is 47.0 Å². The van der Waals surface area contributed by atoms with Gasteiger partial charge in [-0.1, -0.05) is 61.5 Å². The number of hydrogen-bond acceptors (Lipinski definition) is 3. The molecule has 0 fully saturated rings. The van der Waals surface area contributed by atoms with Gasteiger partial charge in [0.2, 0.25) is 0 Å². The number of fused-ring (bicyclic) bond motifs is 1. The second kappa shape index (κ2) is 8.08. The van der Waals surface area contributed by atoms with Gasteiger partial charge in [-0.3, -0.25) is 0 Å². The standard InChI is InChI=1S/C25H23FO3/c1-3-16-5-7-17(8-6-16)18-9-11-19(12-10-18)22-15-20-13-14-21(28-4-2)24(26)23(20)25(27)29-22/h5-14,22H,3-4,15H2,1-2H3. The maximum atomic E-state index is 14.6. The van der Waals surface area contributed by atoms with Crippen molar-refractivity contribution in [1.82, 2.24) is 0 Å². The predicted molar refractivity (Wildman–Crippen MR) is 111 cm³/mol. The molecule has 3 nitrogen and oxygen atoms in total. The number of carbonyl (C=O) groups excluding carboxylic acids is 1. The number of rotatable bonds is 5. The van der Waals surface area contributed by atoms with Crippen molar-refractivity contribution < 1.29 is 18.7 Å². The summed E-state index contributed by atoms with van der Waals surface area (Å²) < 4.78 is 25.4. The summed E-state index contributed by atoms with van der Waals surface area (Å²) in [6.07, 6.45) is 1.03. The van der Waals surface area contributed by atoms with Gasteiger partial charge >= 0.3 is 5.97 Å². The van der Waals surface area contributed by atoms with Crippen LogP contribution in [-0.4, -0.2) is 12.6 Å². The van der Waals surface area contributed by atoms with Crippen LogP contribution in [0.25, 0.3) is 11.1 Å². The molecule has 1 aliphatic heterocycles. The van der Waals surface area contributed by atoms with Crippen LogP contribution in [0.2, 0.25) is 0 Å². The molecular formula is C25H23FO3. The van der Waals surface area contributed by atoms with Crippen molar-refractivity contribution in [3.8, 4) is 16.9 Å². The van der Waals surface area contributed by atoms with Gasteiger partial charge in [-0.2, -0.15) is 0 Å². The number of cyclic esters (lactones) is 1. The van der Waals surface area contributed by atoms with Crippen molar-refractivity contribution in [1.29, 1.82) is 0 Å². The predicted octanol–water partition coefficient (Wildman–Crippen LogP) is 5.91. The molecule has 1 aliphatic rings. The summed E-state index contributed by atoms with van der Waals surface area (Å²) in [6, 6.07) is 19.8. The van der Waals surface area contributed by atoms with Crippen molar-refractivity contribution in [2.75, 3.05) is 6.61 Å². The summed E-state index contributed by atoms with van der Waals surface area (Å²) in [5.74, 6) is -1.20. The Bertz CT molecular complexity index is 1020. The lowest BCUT2D eigenvalue weighted by Gasteiger charge is -2.26. The summed E-state index contributed by atoms with van der Waals surface area (Å²) in [4.78, 5) is 12.5. The molecular weight excluding hydrogens is 367 g/mol. The Balaban J connectivity index is 1.57. The third kappa shape index (κ3) is 3.75. The lowest BCUT2D eigenvalue weighted by molar-refractivity contribution is 0.0244. The van der Waals surface area contributed by atoms with Crippen molar-refractivity contribution in [3.63, 3.8) is 0 Å². The highest BCUT2D eigenvalue weighted by atomic mass is 19.1. The molecule has 3 aromatic rings. The van der Waals surface area contributed by atoms with E-state index in [1.165, 1.54) is 5.56 Å². The van der Waals surface area contributed by atoms with Crippen LogP contribution in [0.3, 0.4) is 0 Å². The van der Waals surface area contributed by atoms with Crippen LogP contribution in [0.4, 0.5) is 4.39 Å². The Morgan fingerprint density at radius 3 is 2.24 bits per heavy atom. The summed E-state index contributed by atoms with van der Waals surface area (Å²) >= 11 is 0. The Morgan fingerprint density at radius 1 is 0.966 bits per heavy atom. The monoisotopic (exact) mass is 390 g/mol. The summed E-state index contributed by atoms with van der Waals surface area (Å²) in [6.45, 7) is 4.24. The number of carbonyl (C=O) groups is 1. The molecule has 3 aromatic carbocycles. The van der Waals surface area contributed by atoms with Crippen molar-refractivity contribution in [2.45, 2.75) is 32.8 Å². The van der Waals surface area contributed by atoms with Gasteiger partial charge in [0.25, 0.3) is 0 Å². The van der Waals surface area contributed by atoms with Crippen LogP contribution in [0.5, 0.6) is 5.75 Å². The Morgan fingerprint density at radius 2 is 1.62 bits per heavy atom. The number of benzene rings is 3. The van der Waals surface area contributed by atoms with Crippen LogP contribution in [0.15, 0.2) is 60.7 Å². The first kappa shape index (κ1) is 19.2. The normalized spacial score (nSPS) is 15.6. The van der Waals surface area contributed by atoms with Gasteiger partial charge in [-0.15, -0.1) is 0 Å². The maximum absolute atomic E-state index is 14.6. The van der Waals surface area contributed by atoms with Crippen LogP contribution in [0, 0.1) is 5.82 Å². The molecule has 1 heterocycles. The van der Waals surface area contributed by atoms with E-state index in [0.717, 1.165) is 23.1 Å². The third-order valence-corrected chi connectivity index (χ3v) is 5.33. The molecule has 0 radical (unpaired) electrons. The van der Waals surface area contributed by atoms with Crippen LogP contribution in [-0.2, 0) is 17.6 Å². The van der Waals surface area contributed by atoms with Crippen molar-refractivity contribution >= 4 is 5.97 Å². The largest absolute Gasteiger partial charge is 0.491 e. The number of esters is 1. The fourth-order valence-corrected chi connectivity index (χ4v) is 3.69. The Hall–Kier alpha value is -3.14. The highest BCUT2D eigenvalue weighted by Crippen LogP contribution is 2.35. The SMILES string of the molecule is CCOc1ccc2c(c1F)C(=O)OC(c1ccc(-c3ccc(CC)cc3)cc1)C2. The van der Waals surface area contributed by atoms with Gasteiger partial charge < -0.3 is 9.47 Å².